The van der Waals surface area contributed by atoms with Crippen molar-refractivity contribution in [2.75, 3.05) is 5.32 Å². The van der Waals surface area contributed by atoms with Crippen LogP contribution in [0.15, 0.2) is 42.6 Å². The maximum atomic E-state index is 12.8. The van der Waals surface area contributed by atoms with E-state index in [0.717, 1.165) is 12.1 Å². The van der Waals surface area contributed by atoms with Crippen LogP contribution in [-0.2, 0) is 6.18 Å². The van der Waals surface area contributed by atoms with Crippen LogP contribution in [0.5, 0.6) is 0 Å². The molecule has 1 aromatic carbocycles. The van der Waals surface area contributed by atoms with Gasteiger partial charge in [0.2, 0.25) is 0 Å². The lowest BCUT2D eigenvalue weighted by Gasteiger charge is -2.13. The summed E-state index contributed by atoms with van der Waals surface area (Å²) in [5.41, 5.74) is -1.22. The van der Waals surface area contributed by atoms with Gasteiger partial charge in [-0.05, 0) is 24.3 Å². The van der Waals surface area contributed by atoms with Gasteiger partial charge in [-0.1, -0.05) is 12.1 Å². The van der Waals surface area contributed by atoms with Crippen molar-refractivity contribution in [1.82, 2.24) is 4.98 Å². The number of rotatable bonds is 2. The molecule has 106 valence electrons. The van der Waals surface area contributed by atoms with Gasteiger partial charge in [0.05, 0.1) is 11.3 Å². The number of nitrogens with zero attached hydrogens (tertiary/aromatic N) is 2. The lowest BCUT2D eigenvalue weighted by molar-refractivity contribution is -0.136. The number of pyridine rings is 1. The number of hydrogen-bond donors (Lipinski definition) is 1. The zero-order chi connectivity index (χ0) is 15.5. The molecule has 1 N–H and O–H groups in total. The largest absolute Gasteiger partial charge is 0.418 e. The van der Waals surface area contributed by atoms with Crippen LogP contribution in [0.2, 0.25) is 0 Å². The number of hydrogen-bond acceptors (Lipinski definition) is 3. The molecule has 0 saturated carbocycles. The lowest BCUT2D eigenvalue weighted by atomic mass is 10.1. The van der Waals surface area contributed by atoms with Gasteiger partial charge in [-0.15, -0.1) is 0 Å². The minimum absolute atomic E-state index is 0.00626. The first kappa shape index (κ1) is 14.5. The third-order valence-electron chi connectivity index (χ3n) is 2.62. The lowest BCUT2D eigenvalue weighted by Crippen LogP contribution is -2.16. The quantitative estimate of drug-likeness (QED) is 0.923. The van der Waals surface area contributed by atoms with Gasteiger partial charge < -0.3 is 5.32 Å². The number of amides is 1. The number of anilines is 1. The van der Waals surface area contributed by atoms with E-state index in [1.165, 1.54) is 30.5 Å². The fourth-order valence-electron chi connectivity index (χ4n) is 1.67. The molecule has 21 heavy (non-hydrogen) atoms. The summed E-state index contributed by atoms with van der Waals surface area (Å²) in [6.45, 7) is 0. The number of carbonyl (C=O) groups excluding carboxylic acids is 1. The number of aromatic nitrogens is 1. The molecule has 0 saturated heterocycles. The van der Waals surface area contributed by atoms with Gasteiger partial charge in [0, 0.05) is 11.8 Å². The Balaban J connectivity index is 2.30. The molecule has 7 heteroatoms. The number of nitrogens with one attached hydrogen (secondary N) is 1. The van der Waals surface area contributed by atoms with Crippen molar-refractivity contribution in [1.29, 1.82) is 5.26 Å². The maximum Gasteiger partial charge on any atom is 0.418 e. The molecule has 0 aliphatic heterocycles. The molecule has 1 heterocycles. The summed E-state index contributed by atoms with van der Waals surface area (Å²) in [6.07, 6.45) is -3.33. The molecule has 4 nitrogen and oxygen atoms in total. The fraction of sp³-hybridized carbons (Fsp3) is 0.0714. The van der Waals surface area contributed by atoms with E-state index in [1.54, 1.807) is 6.07 Å². The van der Waals surface area contributed by atoms with Crippen molar-refractivity contribution in [3.05, 3.63) is 59.4 Å². The predicted molar refractivity (Wildman–Crippen MR) is 68.3 cm³/mol. The Morgan fingerprint density at radius 2 is 1.95 bits per heavy atom. The van der Waals surface area contributed by atoms with Crippen molar-refractivity contribution in [3.63, 3.8) is 0 Å². The van der Waals surface area contributed by atoms with Gasteiger partial charge in [0.25, 0.3) is 5.91 Å². The number of alkyl halides is 3. The zero-order valence-corrected chi connectivity index (χ0v) is 10.5. The first-order chi connectivity index (χ1) is 9.91. The first-order valence-electron chi connectivity index (χ1n) is 5.75. The number of benzene rings is 1. The smallest absolute Gasteiger partial charge is 0.321 e. The van der Waals surface area contributed by atoms with E-state index in [9.17, 15) is 18.0 Å². The minimum atomic E-state index is -4.57. The third-order valence-corrected chi connectivity index (χ3v) is 2.62. The Bertz CT molecular complexity index is 720. The van der Waals surface area contributed by atoms with Crippen LogP contribution < -0.4 is 5.32 Å². The van der Waals surface area contributed by atoms with Gasteiger partial charge in [0.15, 0.2) is 0 Å². The normalized spacial score (nSPS) is 10.8. The second-order valence-corrected chi connectivity index (χ2v) is 4.04. The number of nitriles is 1. The highest BCUT2D eigenvalue weighted by Crippen LogP contribution is 2.34. The van der Waals surface area contributed by atoms with Crippen LogP contribution in [0, 0.1) is 11.3 Å². The van der Waals surface area contributed by atoms with Gasteiger partial charge >= 0.3 is 6.18 Å². The molecule has 0 radical (unpaired) electrons. The highest BCUT2D eigenvalue weighted by molar-refractivity contribution is 6.04. The molecule has 0 unspecified atom stereocenters. The van der Waals surface area contributed by atoms with Crippen molar-refractivity contribution >= 4 is 11.6 Å². The molecule has 2 rings (SSSR count). The van der Waals surface area contributed by atoms with Gasteiger partial charge in [-0.3, -0.25) is 4.79 Å². The van der Waals surface area contributed by atoms with Gasteiger partial charge in [0.1, 0.15) is 11.8 Å². The van der Waals surface area contributed by atoms with Gasteiger partial charge in [-0.25, -0.2) is 4.98 Å². The second kappa shape index (κ2) is 5.63. The summed E-state index contributed by atoms with van der Waals surface area (Å²) in [5.74, 6) is -0.745. The molecule has 2 aromatic rings. The van der Waals surface area contributed by atoms with E-state index < -0.39 is 17.6 Å². The van der Waals surface area contributed by atoms with Crippen LogP contribution in [0.25, 0.3) is 0 Å². The monoisotopic (exact) mass is 291 g/mol. The van der Waals surface area contributed by atoms with E-state index in [0.29, 0.717) is 0 Å². The van der Waals surface area contributed by atoms with Crippen LogP contribution in [0.3, 0.4) is 0 Å². The van der Waals surface area contributed by atoms with Crippen molar-refractivity contribution < 1.29 is 18.0 Å². The number of para-hydroxylation sites is 1. The summed E-state index contributed by atoms with van der Waals surface area (Å²) >= 11 is 0. The minimum Gasteiger partial charge on any atom is -0.321 e. The van der Waals surface area contributed by atoms with Crippen molar-refractivity contribution in [2.24, 2.45) is 0 Å². The first-order valence-corrected chi connectivity index (χ1v) is 5.75. The van der Waals surface area contributed by atoms with Crippen molar-refractivity contribution in [3.8, 4) is 6.07 Å². The molecule has 0 bridgehead atoms. The van der Waals surface area contributed by atoms with E-state index in [4.69, 9.17) is 5.26 Å². The average molecular weight is 291 g/mol. The highest BCUT2D eigenvalue weighted by Gasteiger charge is 2.33. The standard InChI is InChI=1S/C14H8F3N3O/c15-14(16,17)11-3-1-2-4-12(11)20-13(21)9-5-6-19-10(7-9)8-18/h1-7H,(H,20,21). The Morgan fingerprint density at radius 1 is 1.24 bits per heavy atom. The Morgan fingerprint density at radius 3 is 2.62 bits per heavy atom. The fourth-order valence-corrected chi connectivity index (χ4v) is 1.67. The van der Waals surface area contributed by atoms with E-state index in [2.05, 4.69) is 10.3 Å². The molecule has 1 amide bonds. The van der Waals surface area contributed by atoms with Crippen LogP contribution in [0.4, 0.5) is 18.9 Å². The maximum absolute atomic E-state index is 12.8. The highest BCUT2D eigenvalue weighted by atomic mass is 19.4. The van der Waals surface area contributed by atoms with Crippen LogP contribution in [-0.4, -0.2) is 10.9 Å². The van der Waals surface area contributed by atoms with Crippen molar-refractivity contribution in [2.45, 2.75) is 6.18 Å². The van der Waals surface area contributed by atoms with E-state index >= 15 is 0 Å². The topological polar surface area (TPSA) is 65.8 Å². The predicted octanol–water partition coefficient (Wildman–Crippen LogP) is 3.22. The summed E-state index contributed by atoms with van der Waals surface area (Å²) in [5, 5.41) is 10.9. The Labute approximate surface area is 117 Å². The SMILES string of the molecule is N#Cc1cc(C(=O)Nc2ccccc2C(F)(F)F)ccn1. The molecular weight excluding hydrogens is 283 g/mol. The third kappa shape index (κ3) is 3.36. The Hall–Kier alpha value is -2.88. The molecule has 0 aliphatic rings. The van der Waals surface area contributed by atoms with E-state index in [-0.39, 0.29) is 16.9 Å². The van der Waals surface area contributed by atoms with E-state index in [1.807, 2.05) is 0 Å². The van der Waals surface area contributed by atoms with Crippen LogP contribution >= 0.6 is 0 Å². The summed E-state index contributed by atoms with van der Waals surface area (Å²) in [6, 6.07) is 8.92. The number of halogens is 3. The van der Waals surface area contributed by atoms with Gasteiger partial charge in [-0.2, -0.15) is 18.4 Å². The molecular formula is C14H8F3N3O. The molecule has 0 spiro atoms. The summed E-state index contributed by atoms with van der Waals surface area (Å²) in [7, 11) is 0. The average Bonchev–Trinajstić information content (AvgIpc) is 2.46. The van der Waals surface area contributed by atoms with Crippen LogP contribution in [0.1, 0.15) is 21.6 Å². The Kier molecular flexibility index (Phi) is 3.89. The summed E-state index contributed by atoms with van der Waals surface area (Å²) in [4.78, 5) is 15.6. The summed E-state index contributed by atoms with van der Waals surface area (Å²) < 4.78 is 38.4. The molecule has 0 aliphatic carbocycles. The second-order valence-electron chi connectivity index (χ2n) is 4.04. The number of carbonyl (C=O) groups is 1. The molecule has 0 atom stereocenters. The zero-order valence-electron chi connectivity index (χ0n) is 10.5. The molecule has 1 aromatic heterocycles. The molecule has 0 fully saturated rings.